The monoisotopic (exact) mass is 307 g/mol. The second-order valence-corrected chi connectivity index (χ2v) is 5.18. The predicted octanol–water partition coefficient (Wildman–Crippen LogP) is 1.50. The zero-order valence-corrected chi connectivity index (χ0v) is 12.9. The van der Waals surface area contributed by atoms with Crippen LogP contribution in [0, 0.1) is 5.21 Å². The van der Waals surface area contributed by atoms with Gasteiger partial charge in [-0.2, -0.15) is 0 Å². The number of hydrazine groups is 1. The maximum Gasteiger partial charge on any atom is 0.511 e. The van der Waals surface area contributed by atoms with Gasteiger partial charge in [-0.1, -0.05) is 0 Å². The number of carboxylic acids is 1. The van der Waals surface area contributed by atoms with E-state index in [1.165, 1.54) is 20.9 Å². The van der Waals surface area contributed by atoms with E-state index in [1.54, 1.807) is 20.8 Å². The SMILES string of the molecule is CC(O/N=[N+](\[O-])N(C)[C@@H](C)C(=O)O)OC(=O)OC(C)(C)C. The molecule has 0 aliphatic rings. The van der Waals surface area contributed by atoms with Crippen molar-refractivity contribution in [3.05, 3.63) is 5.21 Å². The zero-order valence-electron chi connectivity index (χ0n) is 12.9. The van der Waals surface area contributed by atoms with Crippen LogP contribution in [-0.4, -0.2) is 52.2 Å². The quantitative estimate of drug-likeness (QED) is 0.257. The Bertz CT molecular complexity index is 405. The number of carbonyl (C=O) groups is 2. The Morgan fingerprint density at radius 1 is 1.33 bits per heavy atom. The summed E-state index contributed by atoms with van der Waals surface area (Å²) in [5.74, 6) is -1.20. The molecule has 0 radical (unpaired) electrons. The molecular formula is C11H21N3O7. The highest BCUT2D eigenvalue weighted by Crippen LogP contribution is 2.09. The molecule has 1 unspecified atom stereocenters. The smallest absolute Gasteiger partial charge is 0.511 e. The number of carboxylic acid groups (broad SMARTS) is 1. The van der Waals surface area contributed by atoms with Crippen molar-refractivity contribution in [1.29, 1.82) is 0 Å². The minimum atomic E-state index is -1.20. The topological polar surface area (TPSA) is 124 Å². The molecule has 0 aromatic rings. The van der Waals surface area contributed by atoms with Crippen LogP contribution in [0.2, 0.25) is 0 Å². The first-order chi connectivity index (χ1) is 9.44. The largest absolute Gasteiger partial charge is 0.569 e. The number of ether oxygens (including phenoxy) is 2. The lowest BCUT2D eigenvalue weighted by atomic mass is 10.2. The molecule has 0 amide bonds. The van der Waals surface area contributed by atoms with Gasteiger partial charge >= 0.3 is 12.1 Å². The third-order valence-corrected chi connectivity index (χ3v) is 2.10. The van der Waals surface area contributed by atoms with Crippen LogP contribution in [0.3, 0.4) is 0 Å². The molecule has 0 bridgehead atoms. The van der Waals surface area contributed by atoms with E-state index in [2.05, 4.69) is 14.9 Å². The number of carbonyl (C=O) groups excluding carboxylic acids is 1. The van der Waals surface area contributed by atoms with Crippen molar-refractivity contribution in [2.24, 2.45) is 5.28 Å². The van der Waals surface area contributed by atoms with Crippen molar-refractivity contribution < 1.29 is 34.0 Å². The number of hydrogen-bond donors (Lipinski definition) is 1. The Labute approximate surface area is 122 Å². The summed E-state index contributed by atoms with van der Waals surface area (Å²) < 4.78 is 9.56. The summed E-state index contributed by atoms with van der Waals surface area (Å²) in [5, 5.41) is 24.0. The van der Waals surface area contributed by atoms with Gasteiger partial charge in [0.1, 0.15) is 5.60 Å². The minimum absolute atomic E-state index is 0.0618. The summed E-state index contributed by atoms with van der Waals surface area (Å²) >= 11 is 0. The minimum Gasteiger partial charge on any atom is -0.569 e. The number of hydrogen-bond acceptors (Lipinski definition) is 7. The van der Waals surface area contributed by atoms with E-state index in [-0.39, 0.29) is 4.97 Å². The molecule has 122 valence electrons. The zero-order chi connectivity index (χ0) is 16.8. The Balaban J connectivity index is 4.40. The molecule has 1 N–H and O–H groups in total. The van der Waals surface area contributed by atoms with Crippen molar-refractivity contribution in [2.75, 3.05) is 7.05 Å². The number of rotatable bonds is 6. The average molecular weight is 307 g/mol. The maximum atomic E-state index is 11.4. The van der Waals surface area contributed by atoms with Crippen LogP contribution in [0.4, 0.5) is 4.79 Å². The molecule has 0 saturated carbocycles. The van der Waals surface area contributed by atoms with Crippen LogP contribution >= 0.6 is 0 Å². The van der Waals surface area contributed by atoms with E-state index in [4.69, 9.17) is 9.84 Å². The van der Waals surface area contributed by atoms with Gasteiger partial charge in [0.15, 0.2) is 6.04 Å². The van der Waals surface area contributed by atoms with E-state index in [1.807, 2.05) is 0 Å². The molecule has 10 nitrogen and oxygen atoms in total. The number of nitrogens with zero attached hydrogens (tertiary/aromatic N) is 3. The lowest BCUT2D eigenvalue weighted by Crippen LogP contribution is -2.40. The third kappa shape index (κ3) is 7.80. The molecule has 0 heterocycles. The molecule has 10 heteroatoms. The van der Waals surface area contributed by atoms with Gasteiger partial charge in [-0.05, 0) is 27.7 Å². The van der Waals surface area contributed by atoms with E-state index >= 15 is 0 Å². The van der Waals surface area contributed by atoms with Gasteiger partial charge in [-0.3, -0.25) is 4.84 Å². The van der Waals surface area contributed by atoms with Crippen molar-refractivity contribution >= 4 is 12.1 Å². The van der Waals surface area contributed by atoms with Crippen LogP contribution in [0.1, 0.15) is 34.6 Å². The molecule has 0 fully saturated rings. The molecule has 0 saturated heterocycles. The molecule has 0 aliphatic heterocycles. The first kappa shape index (κ1) is 18.7. The molecule has 2 atom stereocenters. The van der Waals surface area contributed by atoms with Crippen molar-refractivity contribution in [3.63, 3.8) is 0 Å². The number of aliphatic carboxylic acids is 1. The summed E-state index contributed by atoms with van der Waals surface area (Å²) in [6.45, 7) is 7.59. The second-order valence-electron chi connectivity index (χ2n) is 5.18. The van der Waals surface area contributed by atoms with E-state index in [9.17, 15) is 14.8 Å². The van der Waals surface area contributed by atoms with E-state index in [0.717, 1.165) is 5.01 Å². The van der Waals surface area contributed by atoms with Crippen LogP contribution in [-0.2, 0) is 19.1 Å². The summed E-state index contributed by atoms with van der Waals surface area (Å²) in [6.07, 6.45) is -2.15. The lowest BCUT2D eigenvalue weighted by Gasteiger charge is -2.20. The van der Waals surface area contributed by atoms with Gasteiger partial charge in [0.2, 0.25) is 5.28 Å². The molecule has 0 spiro atoms. The Morgan fingerprint density at radius 3 is 2.29 bits per heavy atom. The van der Waals surface area contributed by atoms with E-state index in [0.29, 0.717) is 0 Å². The van der Waals surface area contributed by atoms with Crippen LogP contribution in [0.15, 0.2) is 5.28 Å². The Morgan fingerprint density at radius 2 is 1.86 bits per heavy atom. The highest BCUT2D eigenvalue weighted by Gasteiger charge is 2.24. The highest BCUT2D eigenvalue weighted by atomic mass is 16.8. The molecule has 21 heavy (non-hydrogen) atoms. The Hall–Kier alpha value is -2.26. The van der Waals surface area contributed by atoms with Gasteiger partial charge in [-0.25, -0.2) is 9.59 Å². The summed E-state index contributed by atoms with van der Waals surface area (Å²) in [4.78, 5) is 26.5. The molecule has 0 aromatic carbocycles. The first-order valence-electron chi connectivity index (χ1n) is 6.13. The summed E-state index contributed by atoms with van der Waals surface area (Å²) in [6, 6.07) is -1.10. The highest BCUT2D eigenvalue weighted by molar-refractivity contribution is 5.72. The predicted molar refractivity (Wildman–Crippen MR) is 68.8 cm³/mol. The lowest BCUT2D eigenvalue weighted by molar-refractivity contribution is -0.711. The first-order valence-corrected chi connectivity index (χ1v) is 6.13. The molecule has 0 rings (SSSR count). The fourth-order valence-corrected chi connectivity index (χ4v) is 0.903. The fraction of sp³-hybridized carbons (Fsp3) is 0.818. The number of likely N-dealkylation sites (N-methyl/N-ethyl adjacent to an activating group) is 1. The standard InChI is InChI=1S/C11H21N3O7/c1-7(9(15)16)13(6)14(18)12-21-8(2)19-10(17)20-11(3,4)5/h7-8H,1-6H3,(H,15,16)/b14-12-/t7-,8?/m0/s1. The second kappa shape index (κ2) is 7.50. The molecule has 0 aliphatic carbocycles. The normalized spacial score (nSPS) is 14.9. The van der Waals surface area contributed by atoms with Gasteiger partial charge in [0.05, 0.1) is 12.0 Å². The Kier molecular flexibility index (Phi) is 6.70. The van der Waals surface area contributed by atoms with Crippen molar-refractivity contribution in [3.8, 4) is 0 Å². The summed E-state index contributed by atoms with van der Waals surface area (Å²) in [7, 11) is 1.22. The van der Waals surface area contributed by atoms with E-state index < -0.39 is 30.1 Å². The van der Waals surface area contributed by atoms with Gasteiger partial charge in [-0.15, -0.1) is 5.01 Å². The molecular weight excluding hydrogens is 286 g/mol. The van der Waals surface area contributed by atoms with Crippen LogP contribution in [0.25, 0.3) is 0 Å². The third-order valence-electron chi connectivity index (χ3n) is 2.10. The van der Waals surface area contributed by atoms with Crippen molar-refractivity contribution in [1.82, 2.24) is 5.01 Å². The van der Waals surface area contributed by atoms with Crippen LogP contribution < -0.4 is 0 Å². The van der Waals surface area contributed by atoms with Crippen LogP contribution in [0.5, 0.6) is 0 Å². The molecule has 0 aromatic heterocycles. The average Bonchev–Trinajstić information content (AvgIpc) is 2.31. The summed E-state index contributed by atoms with van der Waals surface area (Å²) in [5.41, 5.74) is -0.727. The van der Waals surface area contributed by atoms with Gasteiger partial charge in [0.25, 0.3) is 6.29 Å². The maximum absolute atomic E-state index is 11.4. The fourth-order valence-electron chi connectivity index (χ4n) is 0.903. The van der Waals surface area contributed by atoms with Gasteiger partial charge in [0, 0.05) is 6.92 Å². The van der Waals surface area contributed by atoms with Gasteiger partial charge < -0.3 is 19.8 Å². The van der Waals surface area contributed by atoms with Crippen molar-refractivity contribution in [2.45, 2.75) is 52.6 Å².